The molecule has 0 fully saturated rings. The summed E-state index contributed by atoms with van der Waals surface area (Å²) in [6.07, 6.45) is 3.94. The van der Waals surface area contributed by atoms with E-state index in [0.717, 1.165) is 12.1 Å². The minimum atomic E-state index is -0.317. The fraction of sp³-hybridized carbons (Fsp3) is 0.118. The molecule has 0 unspecified atom stereocenters. The van der Waals surface area contributed by atoms with Gasteiger partial charge in [0.05, 0.1) is 0 Å². The van der Waals surface area contributed by atoms with Gasteiger partial charge in [0.15, 0.2) is 0 Å². The number of anilines is 1. The van der Waals surface area contributed by atoms with Crippen LogP contribution in [0.15, 0.2) is 54.6 Å². The summed E-state index contributed by atoms with van der Waals surface area (Å²) in [4.78, 5) is 11.7. The maximum atomic E-state index is 13.0. The summed E-state index contributed by atoms with van der Waals surface area (Å²) in [5, 5.41) is 2.76. The van der Waals surface area contributed by atoms with Crippen LogP contribution in [-0.2, 0) is 11.2 Å². The molecular formula is C17H16FNO. The maximum absolute atomic E-state index is 13.0. The van der Waals surface area contributed by atoms with Crippen LogP contribution in [0.4, 0.5) is 10.1 Å². The lowest BCUT2D eigenvalue weighted by Gasteiger charge is -2.03. The number of hydrogen-bond acceptors (Lipinski definition) is 1. The van der Waals surface area contributed by atoms with Crippen LogP contribution in [0.5, 0.6) is 0 Å². The van der Waals surface area contributed by atoms with Crippen molar-refractivity contribution in [1.82, 2.24) is 0 Å². The highest BCUT2D eigenvalue weighted by Gasteiger charge is 1.98. The molecule has 0 spiro atoms. The van der Waals surface area contributed by atoms with E-state index in [1.54, 1.807) is 18.2 Å². The molecule has 0 aliphatic rings. The van der Waals surface area contributed by atoms with E-state index in [1.165, 1.54) is 23.8 Å². The molecule has 0 saturated carbocycles. The average molecular weight is 269 g/mol. The third-order valence-electron chi connectivity index (χ3n) is 2.91. The highest BCUT2D eigenvalue weighted by Crippen LogP contribution is 2.10. The summed E-state index contributed by atoms with van der Waals surface area (Å²) in [6.45, 7) is 2.08. The smallest absolute Gasteiger partial charge is 0.248 e. The van der Waals surface area contributed by atoms with Crippen molar-refractivity contribution in [2.24, 2.45) is 0 Å². The molecule has 0 aliphatic carbocycles. The van der Waals surface area contributed by atoms with Gasteiger partial charge in [-0.15, -0.1) is 0 Å². The predicted octanol–water partition coefficient (Wildman–Crippen LogP) is 4.04. The molecular weight excluding hydrogens is 253 g/mol. The Balaban J connectivity index is 1.98. The van der Waals surface area contributed by atoms with Gasteiger partial charge in [0, 0.05) is 11.8 Å². The SMILES string of the molecule is CCc1ccc(NC(=O)/C=C/c2cccc(F)c2)cc1. The van der Waals surface area contributed by atoms with E-state index in [1.807, 2.05) is 24.3 Å². The minimum absolute atomic E-state index is 0.237. The molecule has 1 amide bonds. The lowest BCUT2D eigenvalue weighted by molar-refractivity contribution is -0.111. The summed E-state index contributed by atoms with van der Waals surface area (Å²) in [5.41, 5.74) is 2.62. The van der Waals surface area contributed by atoms with Crippen molar-refractivity contribution < 1.29 is 9.18 Å². The van der Waals surface area contributed by atoms with E-state index in [9.17, 15) is 9.18 Å². The van der Waals surface area contributed by atoms with Crippen molar-refractivity contribution in [3.63, 3.8) is 0 Å². The zero-order chi connectivity index (χ0) is 14.4. The first kappa shape index (κ1) is 14.0. The van der Waals surface area contributed by atoms with Crippen LogP contribution in [0.25, 0.3) is 6.08 Å². The molecule has 0 radical (unpaired) electrons. The molecule has 0 bridgehead atoms. The molecule has 3 heteroatoms. The normalized spacial score (nSPS) is 10.7. The molecule has 1 N–H and O–H groups in total. The van der Waals surface area contributed by atoms with Crippen molar-refractivity contribution in [2.75, 3.05) is 5.32 Å². The standard InChI is InChI=1S/C17H16FNO/c1-2-13-6-9-16(10-7-13)19-17(20)11-8-14-4-3-5-15(18)12-14/h3-12H,2H2,1H3,(H,19,20)/b11-8+. The molecule has 0 aliphatic heterocycles. The zero-order valence-electron chi connectivity index (χ0n) is 11.3. The second-order valence-electron chi connectivity index (χ2n) is 4.43. The fourth-order valence-electron chi connectivity index (χ4n) is 1.79. The number of hydrogen-bond donors (Lipinski definition) is 1. The number of carbonyl (C=O) groups is 1. The quantitative estimate of drug-likeness (QED) is 0.834. The highest BCUT2D eigenvalue weighted by atomic mass is 19.1. The lowest BCUT2D eigenvalue weighted by Crippen LogP contribution is -2.07. The van der Waals surface area contributed by atoms with Gasteiger partial charge in [-0.25, -0.2) is 4.39 Å². The van der Waals surface area contributed by atoms with Gasteiger partial charge < -0.3 is 5.32 Å². The molecule has 0 atom stereocenters. The van der Waals surface area contributed by atoms with E-state index in [4.69, 9.17) is 0 Å². The van der Waals surface area contributed by atoms with E-state index in [-0.39, 0.29) is 11.7 Å². The van der Waals surface area contributed by atoms with Gasteiger partial charge in [0.2, 0.25) is 5.91 Å². The van der Waals surface area contributed by atoms with Gasteiger partial charge in [0.1, 0.15) is 5.82 Å². The average Bonchev–Trinajstić information content (AvgIpc) is 2.46. The Morgan fingerprint density at radius 2 is 1.95 bits per heavy atom. The van der Waals surface area contributed by atoms with Crippen LogP contribution in [0, 0.1) is 5.82 Å². The number of amides is 1. The number of halogens is 1. The van der Waals surface area contributed by atoms with Crippen molar-refractivity contribution in [2.45, 2.75) is 13.3 Å². The second kappa shape index (κ2) is 6.66. The van der Waals surface area contributed by atoms with E-state index in [2.05, 4.69) is 12.2 Å². The molecule has 2 aromatic carbocycles. The molecule has 2 rings (SSSR count). The Bertz CT molecular complexity index is 617. The predicted molar refractivity (Wildman–Crippen MR) is 79.9 cm³/mol. The summed E-state index contributed by atoms with van der Waals surface area (Å²) in [5.74, 6) is -0.554. The van der Waals surface area contributed by atoms with E-state index < -0.39 is 0 Å². The first-order valence-electron chi connectivity index (χ1n) is 6.51. The molecule has 0 heterocycles. The van der Waals surface area contributed by atoms with Crippen LogP contribution < -0.4 is 5.32 Å². The fourth-order valence-corrected chi connectivity index (χ4v) is 1.79. The van der Waals surface area contributed by atoms with Crippen molar-refractivity contribution in [3.8, 4) is 0 Å². The summed E-state index contributed by atoms with van der Waals surface area (Å²) in [7, 11) is 0. The monoisotopic (exact) mass is 269 g/mol. The van der Waals surface area contributed by atoms with Crippen LogP contribution in [0.1, 0.15) is 18.1 Å². The van der Waals surface area contributed by atoms with Gasteiger partial charge >= 0.3 is 0 Å². The number of rotatable bonds is 4. The molecule has 2 nitrogen and oxygen atoms in total. The van der Waals surface area contributed by atoms with Crippen LogP contribution in [-0.4, -0.2) is 5.91 Å². The van der Waals surface area contributed by atoms with Crippen molar-refractivity contribution in [3.05, 3.63) is 71.6 Å². The first-order valence-corrected chi connectivity index (χ1v) is 6.51. The maximum Gasteiger partial charge on any atom is 0.248 e. The number of carbonyl (C=O) groups excluding carboxylic acids is 1. The van der Waals surface area contributed by atoms with Crippen LogP contribution in [0.2, 0.25) is 0 Å². The van der Waals surface area contributed by atoms with E-state index in [0.29, 0.717) is 5.56 Å². The summed E-state index contributed by atoms with van der Waals surface area (Å²) in [6, 6.07) is 13.8. The third-order valence-corrected chi connectivity index (χ3v) is 2.91. The Morgan fingerprint density at radius 1 is 1.20 bits per heavy atom. The lowest BCUT2D eigenvalue weighted by atomic mass is 10.1. The van der Waals surface area contributed by atoms with Crippen LogP contribution >= 0.6 is 0 Å². The minimum Gasteiger partial charge on any atom is -0.323 e. The number of aryl methyl sites for hydroxylation is 1. The highest BCUT2D eigenvalue weighted by molar-refractivity contribution is 6.01. The number of nitrogens with one attached hydrogen (secondary N) is 1. The molecule has 0 aromatic heterocycles. The topological polar surface area (TPSA) is 29.1 Å². The molecule has 20 heavy (non-hydrogen) atoms. The molecule has 102 valence electrons. The van der Waals surface area contributed by atoms with Crippen molar-refractivity contribution in [1.29, 1.82) is 0 Å². The van der Waals surface area contributed by atoms with E-state index >= 15 is 0 Å². The Hall–Kier alpha value is -2.42. The summed E-state index contributed by atoms with van der Waals surface area (Å²) < 4.78 is 13.0. The first-order chi connectivity index (χ1) is 9.67. The zero-order valence-corrected chi connectivity index (χ0v) is 11.3. The second-order valence-corrected chi connectivity index (χ2v) is 4.43. The van der Waals surface area contributed by atoms with Gasteiger partial charge in [-0.05, 0) is 47.9 Å². The Morgan fingerprint density at radius 3 is 2.60 bits per heavy atom. The molecule has 0 saturated heterocycles. The van der Waals surface area contributed by atoms with Crippen LogP contribution in [0.3, 0.4) is 0 Å². The Labute approximate surface area is 118 Å². The molecule has 2 aromatic rings. The van der Waals surface area contributed by atoms with Gasteiger partial charge in [-0.1, -0.05) is 31.2 Å². The third kappa shape index (κ3) is 4.05. The van der Waals surface area contributed by atoms with Gasteiger partial charge in [-0.3, -0.25) is 4.79 Å². The largest absolute Gasteiger partial charge is 0.323 e. The van der Waals surface area contributed by atoms with Crippen molar-refractivity contribution >= 4 is 17.7 Å². The Kier molecular flexibility index (Phi) is 4.66. The number of benzene rings is 2. The van der Waals surface area contributed by atoms with Gasteiger partial charge in [-0.2, -0.15) is 0 Å². The van der Waals surface area contributed by atoms with Gasteiger partial charge in [0.25, 0.3) is 0 Å². The summed E-state index contributed by atoms with van der Waals surface area (Å²) >= 11 is 0.